The summed E-state index contributed by atoms with van der Waals surface area (Å²) in [5, 5.41) is 12.6. The van der Waals surface area contributed by atoms with Gasteiger partial charge in [0.2, 0.25) is 10.0 Å². The van der Waals surface area contributed by atoms with Crippen LogP contribution >= 0.6 is 0 Å². The number of sulfonamides is 1. The molecule has 150 valence electrons. The summed E-state index contributed by atoms with van der Waals surface area (Å²) < 4.78 is 34.7. The summed E-state index contributed by atoms with van der Waals surface area (Å²) in [7, 11) is -3.52. The van der Waals surface area contributed by atoms with E-state index in [9.17, 15) is 8.42 Å². The van der Waals surface area contributed by atoms with Gasteiger partial charge in [0.15, 0.2) is 11.6 Å². The van der Waals surface area contributed by atoms with Gasteiger partial charge in [-0.15, -0.1) is 10.2 Å². The van der Waals surface area contributed by atoms with Gasteiger partial charge in [-0.05, 0) is 42.0 Å². The van der Waals surface area contributed by atoms with Crippen molar-refractivity contribution in [3.8, 4) is 11.6 Å². The lowest BCUT2D eigenvalue weighted by atomic mass is 10.2. The summed E-state index contributed by atoms with van der Waals surface area (Å²) in [6.07, 6.45) is 4.24. The molecule has 0 N–H and O–H groups in total. The summed E-state index contributed by atoms with van der Waals surface area (Å²) in [5.74, 6) is 2.15. The van der Waals surface area contributed by atoms with E-state index in [0.29, 0.717) is 43.5 Å². The number of fused-ring (bicyclic) bond motifs is 1. The number of aromatic nitrogens is 4. The number of ether oxygens (including phenoxy) is 1. The molecule has 0 saturated carbocycles. The summed E-state index contributed by atoms with van der Waals surface area (Å²) >= 11 is 0. The Morgan fingerprint density at radius 2 is 1.76 bits per heavy atom. The van der Waals surface area contributed by atoms with E-state index in [1.807, 2.05) is 23.1 Å². The highest BCUT2D eigenvalue weighted by Crippen LogP contribution is 2.29. The molecule has 3 aromatic rings. The molecule has 10 heteroatoms. The molecule has 0 spiro atoms. The second kappa shape index (κ2) is 7.12. The van der Waals surface area contributed by atoms with E-state index in [2.05, 4.69) is 15.3 Å². The van der Waals surface area contributed by atoms with Crippen LogP contribution in [0.15, 0.2) is 53.7 Å². The smallest absolute Gasteiger partial charge is 0.243 e. The van der Waals surface area contributed by atoms with Gasteiger partial charge in [-0.25, -0.2) is 13.1 Å². The minimum atomic E-state index is -3.52. The third-order valence-electron chi connectivity index (χ3n) is 5.24. The fourth-order valence-electron chi connectivity index (χ4n) is 3.64. The Morgan fingerprint density at radius 3 is 2.48 bits per heavy atom. The molecule has 1 fully saturated rings. The maximum absolute atomic E-state index is 13.0. The molecule has 0 aliphatic carbocycles. The normalized spacial score (nSPS) is 17.2. The third kappa shape index (κ3) is 3.34. The zero-order chi connectivity index (χ0) is 19.8. The second-order valence-electron chi connectivity index (χ2n) is 6.96. The second-order valence-corrected chi connectivity index (χ2v) is 8.90. The van der Waals surface area contributed by atoms with Gasteiger partial charge >= 0.3 is 0 Å². The number of anilines is 1. The van der Waals surface area contributed by atoms with Crippen LogP contribution in [-0.4, -0.2) is 65.5 Å². The Morgan fingerprint density at radius 1 is 0.966 bits per heavy atom. The molecule has 1 saturated heterocycles. The number of piperazine rings is 1. The fraction of sp³-hybridized carbons (Fsp3) is 0.316. The summed E-state index contributed by atoms with van der Waals surface area (Å²) in [4.78, 5) is 2.38. The monoisotopic (exact) mass is 412 g/mol. The van der Waals surface area contributed by atoms with Crippen LogP contribution in [0.1, 0.15) is 5.56 Å². The van der Waals surface area contributed by atoms with Gasteiger partial charge in [0, 0.05) is 45.0 Å². The summed E-state index contributed by atoms with van der Waals surface area (Å²) in [6.45, 7) is 2.53. The highest BCUT2D eigenvalue weighted by Gasteiger charge is 2.30. The van der Waals surface area contributed by atoms with Gasteiger partial charge in [0.05, 0.1) is 11.5 Å². The SMILES string of the molecule is O=S(=O)(c1ccc2c(c1)CCO2)N1CCN(c2ccc(-n3cccn3)nn2)CC1. The molecule has 0 unspecified atom stereocenters. The van der Waals surface area contributed by atoms with E-state index in [-0.39, 0.29) is 0 Å². The van der Waals surface area contributed by atoms with Gasteiger partial charge in [-0.2, -0.15) is 9.40 Å². The average Bonchev–Trinajstić information content (AvgIpc) is 3.45. The van der Waals surface area contributed by atoms with Crippen LogP contribution in [0.25, 0.3) is 5.82 Å². The molecule has 0 radical (unpaired) electrons. The molecule has 1 aromatic carbocycles. The number of hydrogen-bond donors (Lipinski definition) is 0. The van der Waals surface area contributed by atoms with Crippen molar-refractivity contribution in [3.05, 3.63) is 54.4 Å². The predicted octanol–water partition coefficient (Wildman–Crippen LogP) is 1.11. The first kappa shape index (κ1) is 18.1. The van der Waals surface area contributed by atoms with E-state index in [4.69, 9.17) is 4.74 Å². The van der Waals surface area contributed by atoms with Crippen molar-refractivity contribution in [1.29, 1.82) is 0 Å². The van der Waals surface area contributed by atoms with Gasteiger partial charge in [-0.3, -0.25) is 0 Å². The minimum absolute atomic E-state index is 0.332. The Bertz CT molecular complexity index is 1110. The maximum Gasteiger partial charge on any atom is 0.243 e. The van der Waals surface area contributed by atoms with Crippen LogP contribution in [0.3, 0.4) is 0 Å². The first-order valence-corrected chi connectivity index (χ1v) is 10.9. The molecule has 2 aliphatic rings. The summed E-state index contributed by atoms with van der Waals surface area (Å²) in [6, 6.07) is 10.7. The number of nitrogens with zero attached hydrogens (tertiary/aromatic N) is 6. The van der Waals surface area contributed by atoms with Crippen molar-refractivity contribution in [3.63, 3.8) is 0 Å². The van der Waals surface area contributed by atoms with Gasteiger partial charge < -0.3 is 9.64 Å². The van der Waals surface area contributed by atoms with Crippen molar-refractivity contribution < 1.29 is 13.2 Å². The van der Waals surface area contributed by atoms with Gasteiger partial charge in [-0.1, -0.05) is 0 Å². The highest BCUT2D eigenvalue weighted by molar-refractivity contribution is 7.89. The lowest BCUT2D eigenvalue weighted by molar-refractivity contribution is 0.356. The Labute approximate surface area is 168 Å². The first-order valence-electron chi connectivity index (χ1n) is 9.46. The van der Waals surface area contributed by atoms with E-state index >= 15 is 0 Å². The van der Waals surface area contributed by atoms with Crippen molar-refractivity contribution in [1.82, 2.24) is 24.3 Å². The van der Waals surface area contributed by atoms with Crippen LogP contribution in [0, 0.1) is 0 Å². The number of hydrogen-bond acceptors (Lipinski definition) is 7. The molecule has 0 amide bonds. The van der Waals surface area contributed by atoms with Crippen LogP contribution in [0.4, 0.5) is 5.82 Å². The van der Waals surface area contributed by atoms with E-state index < -0.39 is 10.0 Å². The zero-order valence-electron chi connectivity index (χ0n) is 15.7. The molecule has 2 aromatic heterocycles. The minimum Gasteiger partial charge on any atom is -0.493 e. The van der Waals surface area contributed by atoms with Crippen molar-refractivity contribution in [2.24, 2.45) is 0 Å². The molecule has 29 heavy (non-hydrogen) atoms. The van der Waals surface area contributed by atoms with Crippen LogP contribution < -0.4 is 9.64 Å². The molecular formula is C19H20N6O3S. The predicted molar refractivity (Wildman–Crippen MR) is 106 cm³/mol. The Kier molecular flexibility index (Phi) is 4.44. The van der Waals surface area contributed by atoms with Crippen molar-refractivity contribution in [2.75, 3.05) is 37.7 Å². The van der Waals surface area contributed by atoms with E-state index in [1.165, 1.54) is 4.31 Å². The Hall–Kier alpha value is -2.98. The number of rotatable bonds is 4. The zero-order valence-corrected chi connectivity index (χ0v) is 16.5. The van der Waals surface area contributed by atoms with Gasteiger partial charge in [0.25, 0.3) is 0 Å². The van der Waals surface area contributed by atoms with E-state index in [0.717, 1.165) is 23.6 Å². The molecule has 9 nitrogen and oxygen atoms in total. The molecule has 4 heterocycles. The maximum atomic E-state index is 13.0. The highest BCUT2D eigenvalue weighted by atomic mass is 32.2. The van der Waals surface area contributed by atoms with Crippen LogP contribution in [-0.2, 0) is 16.4 Å². The largest absolute Gasteiger partial charge is 0.493 e. The third-order valence-corrected chi connectivity index (χ3v) is 7.13. The first-order chi connectivity index (χ1) is 14.1. The van der Waals surface area contributed by atoms with Crippen LogP contribution in [0.2, 0.25) is 0 Å². The lowest BCUT2D eigenvalue weighted by Crippen LogP contribution is -2.49. The van der Waals surface area contributed by atoms with Crippen LogP contribution in [0.5, 0.6) is 5.75 Å². The van der Waals surface area contributed by atoms with Crippen molar-refractivity contribution in [2.45, 2.75) is 11.3 Å². The Balaban J connectivity index is 1.27. The van der Waals surface area contributed by atoms with Crippen molar-refractivity contribution >= 4 is 15.8 Å². The van der Waals surface area contributed by atoms with E-state index in [1.54, 1.807) is 35.3 Å². The molecular weight excluding hydrogens is 392 g/mol. The summed E-state index contributed by atoms with van der Waals surface area (Å²) in [5.41, 5.74) is 0.956. The quantitative estimate of drug-likeness (QED) is 0.634. The standard InChI is InChI=1S/C19H20N6O3S/c26-29(27,16-2-3-17-15(14-16)6-13-28-17)24-11-9-23(10-12-24)18-4-5-19(22-21-18)25-8-1-7-20-25/h1-5,7-8,14H,6,9-13H2. The lowest BCUT2D eigenvalue weighted by Gasteiger charge is -2.34. The molecule has 0 bridgehead atoms. The number of benzene rings is 1. The molecule has 0 atom stereocenters. The average molecular weight is 412 g/mol. The van der Waals surface area contributed by atoms with Gasteiger partial charge in [0.1, 0.15) is 5.75 Å². The fourth-order valence-corrected chi connectivity index (χ4v) is 5.12. The molecule has 5 rings (SSSR count). The topological polar surface area (TPSA) is 93.5 Å². The molecule has 2 aliphatic heterocycles.